The summed E-state index contributed by atoms with van der Waals surface area (Å²) in [6.45, 7) is 4.18. The molecule has 21 heavy (non-hydrogen) atoms. The largest absolute Gasteiger partial charge is 0.261 e. The van der Waals surface area contributed by atoms with Crippen molar-refractivity contribution >= 4 is 49.5 Å². The van der Waals surface area contributed by atoms with E-state index in [2.05, 4.69) is 50.3 Å². The standard InChI is InChI=1S/C15H13BrN4S/c1-9-10(2)21-15-13(9)14(17-8-18-15)20-19-7-11-4-3-5-12(16)6-11/h3-8H,1-2H3,(H,17,18,20)/b19-7+. The highest BCUT2D eigenvalue weighted by molar-refractivity contribution is 9.10. The number of benzene rings is 1. The van der Waals surface area contributed by atoms with E-state index in [-0.39, 0.29) is 0 Å². The van der Waals surface area contributed by atoms with Crippen LogP contribution in [0.2, 0.25) is 0 Å². The second kappa shape index (κ2) is 5.91. The van der Waals surface area contributed by atoms with Crippen molar-refractivity contribution in [2.24, 2.45) is 5.10 Å². The molecule has 0 saturated heterocycles. The van der Waals surface area contributed by atoms with Crippen LogP contribution < -0.4 is 5.43 Å². The van der Waals surface area contributed by atoms with Crippen molar-refractivity contribution in [3.8, 4) is 0 Å². The third-order valence-corrected chi connectivity index (χ3v) is 4.81. The first-order chi connectivity index (χ1) is 10.1. The molecule has 0 amide bonds. The van der Waals surface area contributed by atoms with Crippen LogP contribution in [0.5, 0.6) is 0 Å². The molecule has 6 heteroatoms. The number of fused-ring (bicyclic) bond motifs is 1. The first-order valence-corrected chi connectivity index (χ1v) is 8.01. The van der Waals surface area contributed by atoms with E-state index in [0.29, 0.717) is 0 Å². The van der Waals surface area contributed by atoms with E-state index in [1.54, 1.807) is 23.9 Å². The summed E-state index contributed by atoms with van der Waals surface area (Å²) in [6.07, 6.45) is 3.34. The summed E-state index contributed by atoms with van der Waals surface area (Å²) in [7, 11) is 0. The summed E-state index contributed by atoms with van der Waals surface area (Å²) >= 11 is 5.12. The molecule has 0 radical (unpaired) electrons. The Morgan fingerprint density at radius 2 is 2.14 bits per heavy atom. The Hall–Kier alpha value is -1.79. The van der Waals surface area contributed by atoms with Crippen molar-refractivity contribution in [3.05, 3.63) is 51.1 Å². The van der Waals surface area contributed by atoms with E-state index in [1.165, 1.54) is 10.4 Å². The van der Waals surface area contributed by atoms with Gasteiger partial charge in [-0.05, 0) is 37.1 Å². The number of aryl methyl sites for hydroxylation is 2. The molecule has 0 unspecified atom stereocenters. The SMILES string of the molecule is Cc1sc2ncnc(N/N=C/c3cccc(Br)c3)c2c1C. The van der Waals surface area contributed by atoms with Crippen molar-refractivity contribution < 1.29 is 0 Å². The first-order valence-electron chi connectivity index (χ1n) is 6.40. The molecule has 0 atom stereocenters. The van der Waals surface area contributed by atoms with Crippen LogP contribution in [0.1, 0.15) is 16.0 Å². The van der Waals surface area contributed by atoms with Crippen LogP contribution in [-0.2, 0) is 0 Å². The summed E-state index contributed by atoms with van der Waals surface area (Å²) in [4.78, 5) is 10.8. The predicted molar refractivity (Wildman–Crippen MR) is 92.2 cm³/mol. The molecule has 4 nitrogen and oxygen atoms in total. The number of thiophene rings is 1. The van der Waals surface area contributed by atoms with Gasteiger partial charge in [0.25, 0.3) is 0 Å². The van der Waals surface area contributed by atoms with Gasteiger partial charge in [-0.15, -0.1) is 11.3 Å². The Morgan fingerprint density at radius 1 is 1.29 bits per heavy atom. The third kappa shape index (κ3) is 2.96. The highest BCUT2D eigenvalue weighted by Crippen LogP contribution is 2.32. The zero-order chi connectivity index (χ0) is 14.8. The molecule has 0 aliphatic heterocycles. The molecule has 1 N–H and O–H groups in total. The number of nitrogens with one attached hydrogen (secondary N) is 1. The van der Waals surface area contributed by atoms with Gasteiger partial charge in [0.1, 0.15) is 11.2 Å². The van der Waals surface area contributed by atoms with Gasteiger partial charge in [-0.2, -0.15) is 5.10 Å². The molecule has 106 valence electrons. The third-order valence-electron chi connectivity index (χ3n) is 3.20. The van der Waals surface area contributed by atoms with Gasteiger partial charge in [-0.25, -0.2) is 9.97 Å². The molecule has 3 aromatic rings. The quantitative estimate of drug-likeness (QED) is 0.551. The fourth-order valence-electron chi connectivity index (χ4n) is 2.02. The Bertz CT molecular complexity index is 826. The number of nitrogens with zero attached hydrogens (tertiary/aromatic N) is 3. The average molecular weight is 361 g/mol. The molecule has 3 rings (SSSR count). The maximum absolute atomic E-state index is 4.31. The van der Waals surface area contributed by atoms with Crippen molar-refractivity contribution in [1.82, 2.24) is 9.97 Å². The van der Waals surface area contributed by atoms with Crippen LogP contribution in [0.4, 0.5) is 5.82 Å². The fourth-order valence-corrected chi connectivity index (χ4v) is 3.44. The number of hydrogen-bond acceptors (Lipinski definition) is 5. The molecule has 0 aliphatic carbocycles. The van der Waals surface area contributed by atoms with Gasteiger partial charge in [0.05, 0.1) is 11.6 Å². The Balaban J connectivity index is 1.89. The maximum atomic E-state index is 4.31. The zero-order valence-corrected chi connectivity index (χ0v) is 14.0. The number of halogens is 1. The van der Waals surface area contributed by atoms with E-state index in [9.17, 15) is 0 Å². The summed E-state index contributed by atoms with van der Waals surface area (Å²) in [6, 6.07) is 7.95. The van der Waals surface area contributed by atoms with Gasteiger partial charge >= 0.3 is 0 Å². The number of hydrogen-bond donors (Lipinski definition) is 1. The summed E-state index contributed by atoms with van der Waals surface area (Å²) in [5, 5.41) is 5.32. The monoisotopic (exact) mass is 360 g/mol. The molecule has 0 aliphatic rings. The first kappa shape index (κ1) is 14.2. The zero-order valence-electron chi connectivity index (χ0n) is 11.6. The second-order valence-electron chi connectivity index (χ2n) is 4.61. The smallest absolute Gasteiger partial charge is 0.158 e. The van der Waals surface area contributed by atoms with E-state index >= 15 is 0 Å². The van der Waals surface area contributed by atoms with Crippen molar-refractivity contribution in [2.45, 2.75) is 13.8 Å². The van der Waals surface area contributed by atoms with Crippen molar-refractivity contribution in [1.29, 1.82) is 0 Å². The summed E-state index contributed by atoms with van der Waals surface area (Å²) in [5.41, 5.74) is 5.24. The van der Waals surface area contributed by atoms with Crippen molar-refractivity contribution in [2.75, 3.05) is 5.43 Å². The second-order valence-corrected chi connectivity index (χ2v) is 6.73. The van der Waals surface area contributed by atoms with Crippen LogP contribution >= 0.6 is 27.3 Å². The molecule has 0 spiro atoms. The highest BCUT2D eigenvalue weighted by Gasteiger charge is 2.11. The van der Waals surface area contributed by atoms with Crippen LogP contribution in [0, 0.1) is 13.8 Å². The van der Waals surface area contributed by atoms with Crippen molar-refractivity contribution in [3.63, 3.8) is 0 Å². The maximum Gasteiger partial charge on any atom is 0.158 e. The Labute approximate surface area is 135 Å². The lowest BCUT2D eigenvalue weighted by atomic mass is 10.2. The van der Waals surface area contributed by atoms with Gasteiger partial charge in [0.2, 0.25) is 0 Å². The van der Waals surface area contributed by atoms with Gasteiger partial charge in [0.15, 0.2) is 5.82 Å². The van der Waals surface area contributed by atoms with E-state index in [0.717, 1.165) is 26.1 Å². The van der Waals surface area contributed by atoms with Gasteiger partial charge in [-0.3, -0.25) is 5.43 Å². The Kier molecular flexibility index (Phi) is 3.98. The number of rotatable bonds is 3. The number of hydrazone groups is 1. The van der Waals surface area contributed by atoms with E-state index in [1.807, 2.05) is 24.3 Å². The topological polar surface area (TPSA) is 50.2 Å². The van der Waals surface area contributed by atoms with Crippen LogP contribution in [-0.4, -0.2) is 16.2 Å². The minimum atomic E-state index is 0.744. The molecule has 2 heterocycles. The van der Waals surface area contributed by atoms with Gasteiger partial charge < -0.3 is 0 Å². The Morgan fingerprint density at radius 3 is 2.95 bits per heavy atom. The lowest BCUT2D eigenvalue weighted by Gasteiger charge is -2.02. The van der Waals surface area contributed by atoms with Gasteiger partial charge in [0, 0.05) is 9.35 Å². The molecule has 0 saturated carbocycles. The minimum absolute atomic E-state index is 0.744. The van der Waals surface area contributed by atoms with E-state index in [4.69, 9.17) is 0 Å². The highest BCUT2D eigenvalue weighted by atomic mass is 79.9. The molecule has 0 fully saturated rings. The predicted octanol–water partition coefficient (Wildman–Crippen LogP) is 4.52. The molecule has 0 bridgehead atoms. The van der Waals surface area contributed by atoms with Gasteiger partial charge in [-0.1, -0.05) is 28.1 Å². The summed E-state index contributed by atoms with van der Waals surface area (Å²) < 4.78 is 1.03. The van der Waals surface area contributed by atoms with Crippen LogP contribution in [0.3, 0.4) is 0 Å². The normalized spacial score (nSPS) is 11.4. The summed E-state index contributed by atoms with van der Waals surface area (Å²) in [5.74, 6) is 0.744. The fraction of sp³-hybridized carbons (Fsp3) is 0.133. The molecule has 1 aromatic carbocycles. The minimum Gasteiger partial charge on any atom is -0.261 e. The molecule has 2 aromatic heterocycles. The lowest BCUT2D eigenvalue weighted by molar-refractivity contribution is 1.19. The molecular weight excluding hydrogens is 348 g/mol. The van der Waals surface area contributed by atoms with E-state index < -0.39 is 0 Å². The van der Waals surface area contributed by atoms with Crippen LogP contribution in [0.25, 0.3) is 10.2 Å². The number of anilines is 1. The lowest BCUT2D eigenvalue weighted by Crippen LogP contribution is -1.95. The number of aromatic nitrogens is 2. The molecular formula is C15H13BrN4S. The average Bonchev–Trinajstić information content (AvgIpc) is 2.75. The van der Waals surface area contributed by atoms with Crippen LogP contribution in [0.15, 0.2) is 40.2 Å².